The maximum atomic E-state index is 14.7. The molecule has 0 aromatic heterocycles. The summed E-state index contributed by atoms with van der Waals surface area (Å²) < 4.78 is 49.1. The van der Waals surface area contributed by atoms with Gasteiger partial charge in [0.15, 0.2) is 18.9 Å². The zero-order valence-electron chi connectivity index (χ0n) is 22.3. The monoisotopic (exact) mass is 601 g/mol. The zero-order valence-corrected chi connectivity index (χ0v) is 22.3. The van der Waals surface area contributed by atoms with Crippen LogP contribution < -0.4 is 28.7 Å². The Balaban J connectivity index is 1.48. The fourth-order valence-corrected chi connectivity index (χ4v) is 5.67. The topological polar surface area (TPSA) is 307 Å². The molecule has 0 unspecified atom stereocenters. The Morgan fingerprint density at radius 3 is 1.90 bits per heavy atom. The predicted octanol–water partition coefficient (Wildman–Crippen LogP) is -6.86. The molecule has 17 nitrogen and oxygen atoms in total. The molecule has 3 heterocycles. The van der Waals surface area contributed by atoms with Gasteiger partial charge in [0.1, 0.15) is 61.1 Å². The van der Waals surface area contributed by atoms with E-state index in [-0.39, 0.29) is 25.9 Å². The van der Waals surface area contributed by atoms with Gasteiger partial charge in [-0.15, -0.1) is 0 Å². The van der Waals surface area contributed by atoms with E-state index in [9.17, 15) is 35.0 Å². The molecule has 1 aliphatic carbocycles. The van der Waals surface area contributed by atoms with E-state index in [4.69, 9.17) is 57.1 Å². The minimum Gasteiger partial charge on any atom is -0.394 e. The molecule has 0 bridgehead atoms. The first-order valence-corrected chi connectivity index (χ1v) is 13.7. The predicted molar refractivity (Wildman–Crippen MR) is 134 cm³/mol. The lowest BCUT2D eigenvalue weighted by atomic mass is 9.84. The van der Waals surface area contributed by atoms with E-state index in [1.54, 1.807) is 0 Å². The highest BCUT2D eigenvalue weighted by molar-refractivity contribution is 5.02. The van der Waals surface area contributed by atoms with E-state index >= 15 is 0 Å². The molecule has 0 amide bonds. The lowest BCUT2D eigenvalue weighted by Crippen LogP contribution is -2.67. The van der Waals surface area contributed by atoms with Gasteiger partial charge in [0.2, 0.25) is 0 Å². The van der Waals surface area contributed by atoms with Crippen molar-refractivity contribution in [1.82, 2.24) is 0 Å². The third-order valence-electron chi connectivity index (χ3n) is 8.13. The zero-order chi connectivity index (χ0) is 30.2. The molecule has 0 aromatic carbocycles. The van der Waals surface area contributed by atoms with E-state index in [0.29, 0.717) is 0 Å². The highest BCUT2D eigenvalue weighted by Gasteiger charge is 2.53. The number of ether oxygens (including phenoxy) is 6. The van der Waals surface area contributed by atoms with Crippen LogP contribution in [0.15, 0.2) is 0 Å². The van der Waals surface area contributed by atoms with Gasteiger partial charge in [0, 0.05) is 31.6 Å². The average molecular weight is 602 g/mol. The smallest absolute Gasteiger partial charge is 0.187 e. The third-order valence-corrected chi connectivity index (χ3v) is 8.13. The summed E-state index contributed by atoms with van der Waals surface area (Å²) in [6.45, 7) is -0.949. The molecule has 0 radical (unpaired) electrons. The summed E-state index contributed by atoms with van der Waals surface area (Å²) in [7, 11) is 0. The van der Waals surface area contributed by atoms with Crippen molar-refractivity contribution >= 4 is 0 Å². The molecule has 1 saturated carbocycles. The molecule has 18 atom stereocenters. The van der Waals surface area contributed by atoms with Crippen molar-refractivity contribution < 1.29 is 63.5 Å². The van der Waals surface area contributed by atoms with Crippen molar-refractivity contribution in [3.05, 3.63) is 0 Å². The molecule has 4 fully saturated rings. The highest BCUT2D eigenvalue weighted by Crippen LogP contribution is 2.34. The maximum absolute atomic E-state index is 14.7. The summed E-state index contributed by atoms with van der Waals surface area (Å²) in [4.78, 5) is 0. The lowest BCUT2D eigenvalue weighted by Gasteiger charge is -2.46. The van der Waals surface area contributed by atoms with Gasteiger partial charge >= 0.3 is 0 Å². The standard InChI is InChI=1S/C23H44FN5O12/c24-13-14(29)22(37-10(4-26)17(13)34)40-19-7(28)1-6(27)15(32)21(19)41-23-18(35)20(11(5-30)38-23)39-12-2-8(31)16(33)9(3-25)36-12/h6-23,30-35H,1-5,25-29H2/t6-,7+,8-,9+,10-,11-,12-,13-,14-,15+,16+,17-,18-,19-,20-,21-,22-,23+/m1/s1. The average Bonchev–Trinajstić information content (AvgIpc) is 3.24. The van der Waals surface area contributed by atoms with Crippen molar-refractivity contribution in [2.24, 2.45) is 28.7 Å². The first kappa shape index (κ1) is 33.1. The second-order valence-electron chi connectivity index (χ2n) is 11.0. The number of rotatable bonds is 9. The lowest BCUT2D eigenvalue weighted by molar-refractivity contribution is -0.302. The van der Waals surface area contributed by atoms with E-state index in [1.807, 2.05) is 0 Å². The quantitative estimate of drug-likeness (QED) is 0.117. The summed E-state index contributed by atoms with van der Waals surface area (Å²) in [6.07, 6.45) is -20.0. The number of hydrogen-bond donors (Lipinski definition) is 11. The molecule has 3 aliphatic heterocycles. The molecule has 4 rings (SSSR count). The van der Waals surface area contributed by atoms with Gasteiger partial charge in [-0.25, -0.2) is 4.39 Å². The van der Waals surface area contributed by atoms with Gasteiger partial charge in [0.05, 0.1) is 24.9 Å². The van der Waals surface area contributed by atoms with Gasteiger partial charge in [-0.05, 0) is 6.42 Å². The molecule has 18 heteroatoms. The molecule has 16 N–H and O–H groups in total. The van der Waals surface area contributed by atoms with Gasteiger partial charge in [-0.3, -0.25) is 0 Å². The number of halogens is 1. The molecule has 3 saturated heterocycles. The van der Waals surface area contributed by atoms with Crippen LogP contribution >= 0.6 is 0 Å². The maximum Gasteiger partial charge on any atom is 0.187 e. The fourth-order valence-electron chi connectivity index (χ4n) is 5.67. The van der Waals surface area contributed by atoms with Gasteiger partial charge in [-0.1, -0.05) is 0 Å². The SMILES string of the molecule is NC[C@@H]1O[C@H](O[C@H]2[C@@H](O)[C@H](O[C@@H]3[C@@H](O)[C@H](N)C[C@H](N)[C@H]3O[C@H]3O[C@H](CN)[C@@H](O)[C@H](F)[C@H]3N)O[C@@H]2CO)C[C@@H](O)[C@@H]1O. The number of aliphatic hydroxyl groups excluding tert-OH is 6. The van der Waals surface area contributed by atoms with Crippen LogP contribution in [0.3, 0.4) is 0 Å². The molecular formula is C23H44FN5O12. The molecular weight excluding hydrogens is 557 g/mol. The number of nitrogens with two attached hydrogens (primary N) is 5. The van der Waals surface area contributed by atoms with E-state index < -0.39 is 117 Å². The van der Waals surface area contributed by atoms with Crippen LogP contribution in [0.5, 0.6) is 0 Å². The Morgan fingerprint density at radius 1 is 0.659 bits per heavy atom. The summed E-state index contributed by atoms with van der Waals surface area (Å²) in [5.41, 5.74) is 29.4. The minimum absolute atomic E-state index is 0.0736. The summed E-state index contributed by atoms with van der Waals surface area (Å²) >= 11 is 0. The first-order chi connectivity index (χ1) is 19.4. The largest absolute Gasteiger partial charge is 0.394 e. The number of alkyl halides is 1. The summed E-state index contributed by atoms with van der Waals surface area (Å²) in [5, 5.41) is 62.1. The van der Waals surface area contributed by atoms with Crippen LogP contribution in [0.4, 0.5) is 4.39 Å². The molecule has 0 aromatic rings. The summed E-state index contributed by atoms with van der Waals surface area (Å²) in [5.74, 6) is 0. The van der Waals surface area contributed by atoms with Crippen LogP contribution in [0.25, 0.3) is 0 Å². The molecule has 4 aliphatic rings. The van der Waals surface area contributed by atoms with E-state index in [0.717, 1.165) is 0 Å². The van der Waals surface area contributed by atoms with Crippen LogP contribution in [-0.4, -0.2) is 161 Å². The Labute approximate surface area is 235 Å². The van der Waals surface area contributed by atoms with E-state index in [1.165, 1.54) is 0 Å². The van der Waals surface area contributed by atoms with Gasteiger partial charge in [-0.2, -0.15) is 0 Å². The fraction of sp³-hybridized carbons (Fsp3) is 1.00. The second kappa shape index (κ2) is 13.9. The van der Waals surface area contributed by atoms with Crippen molar-refractivity contribution in [3.63, 3.8) is 0 Å². The van der Waals surface area contributed by atoms with Crippen molar-refractivity contribution in [2.75, 3.05) is 19.7 Å². The Morgan fingerprint density at radius 2 is 1.27 bits per heavy atom. The Bertz CT molecular complexity index is 842. The first-order valence-electron chi connectivity index (χ1n) is 13.7. The van der Waals surface area contributed by atoms with Gasteiger partial charge < -0.3 is 87.7 Å². The van der Waals surface area contributed by atoms with Crippen molar-refractivity contribution in [3.8, 4) is 0 Å². The van der Waals surface area contributed by atoms with E-state index in [2.05, 4.69) is 0 Å². The minimum atomic E-state index is -1.93. The van der Waals surface area contributed by atoms with Crippen LogP contribution in [-0.2, 0) is 28.4 Å². The normalized spacial score (nSPS) is 53.0. The van der Waals surface area contributed by atoms with Crippen LogP contribution in [0.1, 0.15) is 12.8 Å². The Kier molecular flexibility index (Phi) is 11.2. The highest BCUT2D eigenvalue weighted by atomic mass is 19.1. The Hall–Kier alpha value is -0.750. The molecule has 0 spiro atoms. The third kappa shape index (κ3) is 6.84. The summed E-state index contributed by atoms with van der Waals surface area (Å²) in [6, 6.07) is -3.18. The molecule has 240 valence electrons. The van der Waals surface area contributed by atoms with Crippen LogP contribution in [0, 0.1) is 0 Å². The second-order valence-corrected chi connectivity index (χ2v) is 11.0. The molecule has 41 heavy (non-hydrogen) atoms. The number of hydrogen-bond acceptors (Lipinski definition) is 17. The van der Waals surface area contributed by atoms with Gasteiger partial charge in [0.25, 0.3) is 0 Å². The van der Waals surface area contributed by atoms with Crippen LogP contribution in [0.2, 0.25) is 0 Å². The number of aliphatic hydroxyl groups is 6. The van der Waals surface area contributed by atoms with Crippen molar-refractivity contribution in [1.29, 1.82) is 0 Å². The van der Waals surface area contributed by atoms with Crippen molar-refractivity contribution in [2.45, 2.75) is 123 Å².